The van der Waals surface area contributed by atoms with Crippen molar-refractivity contribution >= 4 is 13.8 Å². The van der Waals surface area contributed by atoms with Crippen molar-refractivity contribution in [1.82, 2.24) is 0 Å². The molecule has 0 aliphatic heterocycles. The van der Waals surface area contributed by atoms with Gasteiger partial charge in [-0.2, -0.15) is 0 Å². The van der Waals surface area contributed by atoms with Gasteiger partial charge >= 0.3 is 13.8 Å². The quantitative estimate of drug-likeness (QED) is 0.0214. The van der Waals surface area contributed by atoms with Crippen LogP contribution in [-0.2, 0) is 27.9 Å². The lowest BCUT2D eigenvalue weighted by Crippen LogP contribution is -2.37. The van der Waals surface area contributed by atoms with Crippen molar-refractivity contribution < 1.29 is 37.3 Å². The fourth-order valence-corrected chi connectivity index (χ4v) is 8.39. The smallest absolute Gasteiger partial charge is 0.457 e. The van der Waals surface area contributed by atoms with Crippen molar-refractivity contribution in [2.75, 3.05) is 54.1 Å². The molecule has 0 radical (unpaired) electrons. The standard InChI is InChI=1S/C53H104NO7P/c1-6-8-10-12-14-16-18-20-22-24-25-26-27-28-29-30-32-34-36-38-40-42-44-46-53(55)61-52(51-60-62(56,57)59-49-47-54(3,4)5)50-58-48-45-43-41-39-37-35-33-31-23-21-19-17-15-13-11-9-7-2/h18,20,24-25,52H,6-17,19,21-23,26-51H2,1-5H3/p+1/b20-18-,25-24-. The molecule has 0 heterocycles. The first-order valence-corrected chi connectivity index (χ1v) is 28.1. The van der Waals surface area contributed by atoms with Crippen LogP contribution in [0, 0.1) is 0 Å². The van der Waals surface area contributed by atoms with Gasteiger partial charge < -0.3 is 18.9 Å². The van der Waals surface area contributed by atoms with Crippen LogP contribution in [0.5, 0.6) is 0 Å². The third-order valence-electron chi connectivity index (χ3n) is 11.8. The number of ether oxygens (including phenoxy) is 2. The summed E-state index contributed by atoms with van der Waals surface area (Å²) in [5.41, 5.74) is 0. The Labute approximate surface area is 385 Å². The molecule has 368 valence electrons. The maximum Gasteiger partial charge on any atom is 0.472 e. The number of rotatable bonds is 50. The van der Waals surface area contributed by atoms with Crippen LogP contribution in [0.4, 0.5) is 0 Å². The van der Waals surface area contributed by atoms with Gasteiger partial charge in [0.05, 0.1) is 34.4 Å². The molecule has 0 aromatic carbocycles. The minimum absolute atomic E-state index is 0.0908. The SMILES string of the molecule is CCCCCCC/C=C\C/C=C\CCCCCCCCCCCCCC(=O)OC(COCCCCCCCCCCCCCCCCCCC)COP(=O)(O)OCC[N+](C)(C)C. The van der Waals surface area contributed by atoms with Crippen molar-refractivity contribution in [1.29, 1.82) is 0 Å². The maximum atomic E-state index is 12.8. The molecule has 0 amide bonds. The van der Waals surface area contributed by atoms with Gasteiger partial charge in [0.1, 0.15) is 19.3 Å². The predicted octanol–water partition coefficient (Wildman–Crippen LogP) is 16.3. The third-order valence-corrected chi connectivity index (χ3v) is 12.7. The van der Waals surface area contributed by atoms with Gasteiger partial charge in [0.2, 0.25) is 0 Å². The molecule has 2 atom stereocenters. The summed E-state index contributed by atoms with van der Waals surface area (Å²) in [5, 5.41) is 0. The molecule has 62 heavy (non-hydrogen) atoms. The van der Waals surface area contributed by atoms with E-state index in [1.165, 1.54) is 193 Å². The Hall–Kier alpha value is -1.02. The molecule has 0 rings (SSSR count). The number of carbonyl (C=O) groups excluding carboxylic acids is 1. The molecule has 0 bridgehead atoms. The van der Waals surface area contributed by atoms with Gasteiger partial charge in [-0.25, -0.2) is 4.57 Å². The van der Waals surface area contributed by atoms with Crippen molar-refractivity contribution in [3.05, 3.63) is 24.3 Å². The Morgan fingerprint density at radius 3 is 1.31 bits per heavy atom. The zero-order chi connectivity index (χ0) is 45.5. The largest absolute Gasteiger partial charge is 0.472 e. The zero-order valence-corrected chi connectivity index (χ0v) is 42.8. The number of hydrogen-bond donors (Lipinski definition) is 1. The molecule has 0 fully saturated rings. The molecule has 0 saturated carbocycles. The lowest BCUT2D eigenvalue weighted by Gasteiger charge is -2.24. The van der Waals surface area contributed by atoms with Crippen LogP contribution >= 0.6 is 7.82 Å². The van der Waals surface area contributed by atoms with Crippen molar-refractivity contribution in [3.63, 3.8) is 0 Å². The Kier molecular flexibility index (Phi) is 45.7. The second kappa shape index (κ2) is 46.5. The normalized spacial score (nSPS) is 13.7. The van der Waals surface area contributed by atoms with Gasteiger partial charge in [0.15, 0.2) is 0 Å². The summed E-state index contributed by atoms with van der Waals surface area (Å²) in [7, 11) is 1.68. The van der Waals surface area contributed by atoms with Gasteiger partial charge in [0.25, 0.3) is 0 Å². The first-order valence-electron chi connectivity index (χ1n) is 26.6. The predicted molar refractivity (Wildman–Crippen MR) is 266 cm³/mol. The highest BCUT2D eigenvalue weighted by Gasteiger charge is 2.26. The van der Waals surface area contributed by atoms with Crippen LogP contribution in [0.2, 0.25) is 0 Å². The molecule has 0 aliphatic rings. The summed E-state index contributed by atoms with van der Waals surface area (Å²) in [5.74, 6) is -0.311. The number of carbonyl (C=O) groups is 1. The summed E-state index contributed by atoms with van der Waals surface area (Å²) in [6.45, 7) is 5.67. The van der Waals surface area contributed by atoms with Crippen LogP contribution < -0.4 is 0 Å². The molecule has 1 N–H and O–H groups in total. The van der Waals surface area contributed by atoms with Crippen LogP contribution in [0.15, 0.2) is 24.3 Å². The van der Waals surface area contributed by atoms with Crippen molar-refractivity contribution in [2.45, 2.75) is 258 Å². The highest BCUT2D eigenvalue weighted by atomic mass is 31.2. The minimum atomic E-state index is -4.28. The molecule has 0 saturated heterocycles. The number of hydrogen-bond acceptors (Lipinski definition) is 6. The first-order chi connectivity index (χ1) is 30.1. The van der Waals surface area contributed by atoms with Gasteiger partial charge in [-0.15, -0.1) is 0 Å². The lowest BCUT2D eigenvalue weighted by atomic mass is 10.0. The number of phosphoric acid groups is 1. The molecule has 8 nitrogen and oxygen atoms in total. The number of esters is 1. The van der Waals surface area contributed by atoms with E-state index in [0.29, 0.717) is 24.1 Å². The fraction of sp³-hybridized carbons (Fsp3) is 0.906. The van der Waals surface area contributed by atoms with Crippen LogP contribution in [0.3, 0.4) is 0 Å². The summed E-state index contributed by atoms with van der Waals surface area (Å²) >= 11 is 0. The average Bonchev–Trinajstić information content (AvgIpc) is 3.23. The molecule has 0 aromatic heterocycles. The van der Waals surface area contributed by atoms with E-state index in [-0.39, 0.29) is 25.8 Å². The lowest BCUT2D eigenvalue weighted by molar-refractivity contribution is -0.870. The highest BCUT2D eigenvalue weighted by Crippen LogP contribution is 2.43. The number of allylic oxidation sites excluding steroid dienone is 4. The van der Waals surface area contributed by atoms with E-state index in [0.717, 1.165) is 38.5 Å². The van der Waals surface area contributed by atoms with E-state index < -0.39 is 13.9 Å². The van der Waals surface area contributed by atoms with E-state index in [1.54, 1.807) is 0 Å². The molecule has 0 aliphatic carbocycles. The molecular weight excluding hydrogens is 794 g/mol. The average molecular weight is 899 g/mol. The summed E-state index contributed by atoms with van der Waals surface area (Å²) in [6.07, 6.45) is 55.1. The van der Waals surface area contributed by atoms with Gasteiger partial charge in [-0.05, 0) is 44.9 Å². The Morgan fingerprint density at radius 1 is 0.500 bits per heavy atom. The molecule has 0 spiro atoms. The molecule has 9 heteroatoms. The summed E-state index contributed by atoms with van der Waals surface area (Å²) in [6, 6.07) is 0. The Morgan fingerprint density at radius 2 is 0.887 bits per heavy atom. The zero-order valence-electron chi connectivity index (χ0n) is 41.9. The van der Waals surface area contributed by atoms with Crippen LogP contribution in [-0.4, -0.2) is 75.6 Å². The number of phosphoric ester groups is 1. The van der Waals surface area contributed by atoms with Gasteiger partial charge in [-0.1, -0.05) is 224 Å². The molecule has 0 aromatic rings. The second-order valence-electron chi connectivity index (χ2n) is 19.3. The third kappa shape index (κ3) is 50.0. The number of unbranched alkanes of at least 4 members (excludes halogenated alkanes) is 32. The Bertz CT molecular complexity index is 1050. The highest BCUT2D eigenvalue weighted by molar-refractivity contribution is 7.47. The summed E-state index contributed by atoms with van der Waals surface area (Å²) in [4.78, 5) is 23.0. The second-order valence-corrected chi connectivity index (χ2v) is 20.7. The Balaban J connectivity index is 4.09. The first kappa shape index (κ1) is 61.0. The van der Waals surface area contributed by atoms with Gasteiger partial charge in [-0.3, -0.25) is 13.8 Å². The van der Waals surface area contributed by atoms with E-state index in [2.05, 4.69) is 38.2 Å². The van der Waals surface area contributed by atoms with Crippen molar-refractivity contribution in [2.24, 2.45) is 0 Å². The maximum absolute atomic E-state index is 12.8. The van der Waals surface area contributed by atoms with E-state index in [9.17, 15) is 14.3 Å². The molecular formula is C53H105NO7P+. The monoisotopic (exact) mass is 899 g/mol. The summed E-state index contributed by atoms with van der Waals surface area (Å²) < 4.78 is 35.2. The van der Waals surface area contributed by atoms with E-state index in [1.807, 2.05) is 21.1 Å². The van der Waals surface area contributed by atoms with Gasteiger partial charge in [0, 0.05) is 13.0 Å². The number of quaternary nitrogens is 1. The number of nitrogens with zero attached hydrogens (tertiary/aromatic N) is 1. The van der Waals surface area contributed by atoms with E-state index in [4.69, 9.17) is 18.5 Å². The van der Waals surface area contributed by atoms with Crippen LogP contribution in [0.1, 0.15) is 251 Å². The minimum Gasteiger partial charge on any atom is -0.457 e. The van der Waals surface area contributed by atoms with Crippen molar-refractivity contribution in [3.8, 4) is 0 Å². The molecule has 2 unspecified atom stereocenters. The van der Waals surface area contributed by atoms with Crippen LogP contribution in [0.25, 0.3) is 0 Å². The van der Waals surface area contributed by atoms with E-state index >= 15 is 0 Å². The fourth-order valence-electron chi connectivity index (χ4n) is 7.64. The number of likely N-dealkylation sites (N-methyl/N-ethyl adjacent to an activating group) is 1. The topological polar surface area (TPSA) is 91.3 Å².